The van der Waals surface area contributed by atoms with Crippen molar-refractivity contribution in [3.8, 4) is 0 Å². The van der Waals surface area contributed by atoms with Crippen LogP contribution in [0.15, 0.2) is 24.3 Å². The maximum atomic E-state index is 11.1. The summed E-state index contributed by atoms with van der Waals surface area (Å²) < 4.78 is 13.4. The van der Waals surface area contributed by atoms with Gasteiger partial charge in [-0.1, -0.05) is 53.4 Å². The van der Waals surface area contributed by atoms with Crippen LogP contribution in [0, 0.1) is 0 Å². The molecule has 0 aliphatic carbocycles. The van der Waals surface area contributed by atoms with Gasteiger partial charge in [0.25, 0.3) is 0 Å². The van der Waals surface area contributed by atoms with E-state index in [-0.39, 0.29) is 33.4 Å². The topological polar surface area (TPSA) is 133 Å². The Balaban J connectivity index is -0.000000551. The van der Waals surface area contributed by atoms with E-state index in [2.05, 4.69) is 27.7 Å². The first kappa shape index (κ1) is 43.6. The number of carbonyl (C=O) groups excluding carboxylic acids is 4. The van der Waals surface area contributed by atoms with Crippen molar-refractivity contribution in [2.75, 3.05) is 0 Å². The summed E-state index contributed by atoms with van der Waals surface area (Å²) in [5, 5.41) is 20.1. The molecule has 0 bridgehead atoms. The van der Waals surface area contributed by atoms with Crippen LogP contribution in [-0.2, 0) is 28.7 Å². The molecular weight excluding hydrogens is 631 g/mol. The molecule has 8 nitrogen and oxygen atoms in total. The van der Waals surface area contributed by atoms with E-state index in [1.807, 2.05) is 13.8 Å². The summed E-state index contributed by atoms with van der Waals surface area (Å²) in [5.41, 5.74) is 0. The molecule has 0 amide bonds. The van der Waals surface area contributed by atoms with Gasteiger partial charge < -0.3 is 29.3 Å². The van der Waals surface area contributed by atoms with Gasteiger partial charge in [-0.3, -0.25) is 0 Å². The molecule has 0 rings (SSSR count). The monoisotopic (exact) mass is 688 g/mol. The first-order valence-corrected chi connectivity index (χ1v) is 19.5. The van der Waals surface area contributed by atoms with Crippen LogP contribution in [0.1, 0.15) is 131 Å². The molecule has 0 aromatic carbocycles. The Morgan fingerprint density at radius 2 is 0.902 bits per heavy atom. The Hall–Kier alpha value is -1.84. The van der Waals surface area contributed by atoms with Gasteiger partial charge in [0.2, 0.25) is 0 Å². The van der Waals surface area contributed by atoms with E-state index in [9.17, 15) is 29.4 Å². The maximum absolute atomic E-state index is 11.1. The molecule has 0 radical (unpaired) electrons. The van der Waals surface area contributed by atoms with Crippen molar-refractivity contribution in [2.24, 2.45) is 0 Å². The van der Waals surface area contributed by atoms with E-state index in [1.54, 1.807) is 8.87 Å². The summed E-state index contributed by atoms with van der Waals surface area (Å²) >= 11 is 0.149. The molecule has 0 aliphatic rings. The number of rotatable bonds is 22. The van der Waals surface area contributed by atoms with E-state index in [0.29, 0.717) is 12.2 Å². The van der Waals surface area contributed by atoms with Crippen LogP contribution < -0.4 is 10.2 Å². The summed E-state index contributed by atoms with van der Waals surface area (Å²) in [5.74, 6) is -4.02. The Morgan fingerprint density at radius 3 is 1.17 bits per heavy atom. The Labute approximate surface area is 259 Å². The normalized spacial score (nSPS) is 11.9. The van der Waals surface area contributed by atoms with Crippen LogP contribution in [0.2, 0.25) is 8.87 Å². The van der Waals surface area contributed by atoms with E-state index in [4.69, 9.17) is 9.47 Å². The third-order valence-corrected chi connectivity index (χ3v) is 9.90. The molecule has 9 heteroatoms. The van der Waals surface area contributed by atoms with Crippen molar-refractivity contribution in [1.82, 2.24) is 0 Å². The van der Waals surface area contributed by atoms with Crippen molar-refractivity contribution in [3.05, 3.63) is 24.3 Å². The average Bonchev–Trinajstić information content (AvgIpc) is 2.94. The number of carbonyl (C=O) groups is 4. The van der Waals surface area contributed by atoms with Gasteiger partial charge in [-0.25, -0.2) is 9.59 Å². The van der Waals surface area contributed by atoms with Gasteiger partial charge in [-0.2, -0.15) is 0 Å². The third-order valence-electron chi connectivity index (χ3n) is 5.86. The Morgan fingerprint density at radius 1 is 0.561 bits per heavy atom. The van der Waals surface area contributed by atoms with Crippen molar-refractivity contribution >= 4 is 45.0 Å². The van der Waals surface area contributed by atoms with Gasteiger partial charge in [-0.15, -0.1) is 0 Å². The van der Waals surface area contributed by atoms with Gasteiger partial charge >= 0.3 is 81.5 Å². The van der Waals surface area contributed by atoms with Gasteiger partial charge in [0.05, 0.1) is 11.9 Å². The SMILES string of the molecule is CCCCCC(CC)OC(=O)/C=C\C(=O)[O-].CCCCCC(CC)OC(=O)/C=C\C(=O)[O-].CCC[CH2][Sn+2][CH2]CCC. The number of hydrogen-bond donors (Lipinski definition) is 0. The quantitative estimate of drug-likeness (QED) is 0.0630. The number of carboxylic acids is 2. The molecule has 0 saturated carbocycles. The molecule has 0 aromatic heterocycles. The zero-order valence-corrected chi connectivity index (χ0v) is 29.4. The summed E-state index contributed by atoms with van der Waals surface area (Å²) in [6.07, 6.45) is 18.4. The fraction of sp³-hybridized carbons (Fsp3) is 0.750. The van der Waals surface area contributed by atoms with Crippen LogP contribution >= 0.6 is 0 Å². The number of aliphatic carboxylic acids is 2. The first-order valence-electron chi connectivity index (χ1n) is 15.5. The van der Waals surface area contributed by atoms with Crippen molar-refractivity contribution in [1.29, 1.82) is 0 Å². The number of esters is 2. The summed E-state index contributed by atoms with van der Waals surface area (Å²) in [4.78, 5) is 42.4. The average molecular weight is 688 g/mol. The van der Waals surface area contributed by atoms with E-state index in [0.717, 1.165) is 76.4 Å². The molecule has 236 valence electrons. The van der Waals surface area contributed by atoms with Crippen molar-refractivity contribution in [3.63, 3.8) is 0 Å². The molecule has 41 heavy (non-hydrogen) atoms. The minimum absolute atomic E-state index is 0.120. The Kier molecular flexibility index (Phi) is 36.5. The molecule has 0 aromatic rings. The molecule has 0 aliphatic heterocycles. The van der Waals surface area contributed by atoms with E-state index < -0.39 is 23.9 Å². The summed E-state index contributed by atoms with van der Waals surface area (Å²) in [6, 6.07) is 0. The predicted molar refractivity (Wildman–Crippen MR) is 162 cm³/mol. The Bertz CT molecular complexity index is 648. The van der Waals surface area contributed by atoms with Crippen LogP contribution in [0.4, 0.5) is 0 Å². The second-order valence-corrected chi connectivity index (χ2v) is 14.0. The van der Waals surface area contributed by atoms with Crippen molar-refractivity contribution in [2.45, 2.75) is 153 Å². The fourth-order valence-electron chi connectivity index (χ4n) is 3.34. The second kappa shape index (κ2) is 34.4. The zero-order valence-electron chi connectivity index (χ0n) is 26.5. The van der Waals surface area contributed by atoms with E-state index >= 15 is 0 Å². The van der Waals surface area contributed by atoms with Gasteiger partial charge in [-0.05, 0) is 50.7 Å². The molecular formula is C32H56O8Sn. The van der Waals surface area contributed by atoms with Gasteiger partial charge in [0.1, 0.15) is 12.2 Å². The van der Waals surface area contributed by atoms with Gasteiger partial charge in [0, 0.05) is 12.2 Å². The minimum atomic E-state index is -1.39. The number of carboxylic acid groups (broad SMARTS) is 2. The molecule has 0 spiro atoms. The van der Waals surface area contributed by atoms with E-state index in [1.165, 1.54) is 25.7 Å². The first-order chi connectivity index (χ1) is 19.6. The molecule has 0 N–H and O–H groups in total. The molecule has 0 saturated heterocycles. The van der Waals surface area contributed by atoms with Gasteiger partial charge in [0.15, 0.2) is 0 Å². The summed E-state index contributed by atoms with van der Waals surface area (Å²) in [7, 11) is 0. The van der Waals surface area contributed by atoms with Crippen molar-refractivity contribution < 1.29 is 38.9 Å². The van der Waals surface area contributed by atoms with Crippen LogP contribution in [0.3, 0.4) is 0 Å². The molecule has 0 heterocycles. The number of unbranched alkanes of at least 4 members (excludes halogenated alkanes) is 6. The van der Waals surface area contributed by atoms with Crippen LogP contribution in [0.5, 0.6) is 0 Å². The molecule has 2 atom stereocenters. The second-order valence-electron chi connectivity index (χ2n) is 9.69. The predicted octanol–water partition coefficient (Wildman–Crippen LogP) is 5.52. The standard InChI is InChI=1S/2C12H20O4.2C4H9.Sn/c2*1-3-5-6-7-10(4-2)16-12(15)9-8-11(13)14;2*1-3-4-2;/h2*8-10H,3-7H2,1-2H3,(H,13,14);2*1,3-4H2,2H3;/q;;;;+2/p-2/b2*9-8-;;;. The third kappa shape index (κ3) is 38.2. The molecule has 2 unspecified atom stereocenters. The number of ether oxygens (including phenoxy) is 2. The van der Waals surface area contributed by atoms with Crippen LogP contribution in [-0.4, -0.2) is 57.2 Å². The zero-order chi connectivity index (χ0) is 31.7. The van der Waals surface area contributed by atoms with Crippen LogP contribution in [0.25, 0.3) is 0 Å². The fourth-order valence-corrected chi connectivity index (χ4v) is 7.50. The number of hydrogen-bond acceptors (Lipinski definition) is 8. The summed E-state index contributed by atoms with van der Waals surface area (Å²) in [6.45, 7) is 12.7. The molecule has 0 fully saturated rings.